The van der Waals surface area contributed by atoms with Crippen LogP contribution >= 0.6 is 0 Å². The Labute approximate surface area is 314 Å². The molecule has 0 aliphatic rings. The van der Waals surface area contributed by atoms with Crippen LogP contribution < -0.4 is 54.8 Å². The molecule has 0 radical (unpaired) electrons. The Kier molecular flexibility index (Phi) is 21.5. The number of aliphatic hydroxyl groups excluding tert-OH is 2. The van der Waals surface area contributed by atoms with Gasteiger partial charge < -0.3 is 70.2 Å². The Balaban J connectivity index is 3.28. The maximum absolute atomic E-state index is 13.8. The molecule has 0 aromatic heterocycles. The summed E-state index contributed by atoms with van der Waals surface area (Å²) in [4.78, 5) is 91.0. The van der Waals surface area contributed by atoms with E-state index in [-0.39, 0.29) is 57.7 Å². The van der Waals surface area contributed by atoms with E-state index in [4.69, 9.17) is 22.9 Å². The lowest BCUT2D eigenvalue weighted by Gasteiger charge is -2.28. The Morgan fingerprint density at radius 3 is 1.50 bits per heavy atom. The van der Waals surface area contributed by atoms with E-state index in [0.717, 1.165) is 0 Å². The Bertz CT molecular complexity index is 1380. The van der Waals surface area contributed by atoms with Gasteiger partial charge in [-0.15, -0.1) is 0 Å². The lowest BCUT2D eigenvalue weighted by molar-refractivity contribution is -0.145. The highest BCUT2D eigenvalue weighted by Gasteiger charge is 2.34. The van der Waals surface area contributed by atoms with Gasteiger partial charge in [-0.25, -0.2) is 4.79 Å². The van der Waals surface area contributed by atoms with Gasteiger partial charge in [0.05, 0.1) is 18.8 Å². The molecule has 0 aliphatic heterocycles. The fourth-order valence-electron chi connectivity index (χ4n) is 5.15. The molecule has 8 atom stereocenters. The van der Waals surface area contributed by atoms with E-state index >= 15 is 0 Å². The van der Waals surface area contributed by atoms with Crippen LogP contribution in [0.15, 0.2) is 30.3 Å². The number of aliphatic hydroxyl groups is 2. The van der Waals surface area contributed by atoms with E-state index in [1.807, 2.05) is 0 Å². The zero-order valence-corrected chi connectivity index (χ0v) is 31.0. The van der Waals surface area contributed by atoms with E-state index < -0.39 is 96.4 Å². The maximum atomic E-state index is 13.8. The van der Waals surface area contributed by atoms with E-state index in [1.54, 1.807) is 44.2 Å². The number of carboxylic acid groups (broad SMARTS) is 1. The SMILES string of the molecule is CC(C)C[C@H](NC(=O)[C@@H](Cc1ccccc1)NC(=O)[C@H](CO)NC(=O)[C@@H](N)CCN)C(=O)N[C@@H](CCN)C(=O)N[C@@H](CCN)C(=O)N[C@H](C(=O)O)[C@@H](C)O. The summed E-state index contributed by atoms with van der Waals surface area (Å²) in [6, 6.07) is -0.752. The van der Waals surface area contributed by atoms with Gasteiger partial charge in [0.25, 0.3) is 0 Å². The van der Waals surface area contributed by atoms with Crippen molar-refractivity contribution in [1.29, 1.82) is 0 Å². The molecule has 20 heteroatoms. The minimum Gasteiger partial charge on any atom is -0.480 e. The second-order valence-corrected chi connectivity index (χ2v) is 13.2. The molecule has 0 bridgehead atoms. The number of carboxylic acids is 1. The lowest BCUT2D eigenvalue weighted by atomic mass is 10.00. The molecule has 20 nitrogen and oxygen atoms in total. The first-order chi connectivity index (χ1) is 25.5. The molecule has 0 unspecified atom stereocenters. The number of aliphatic carboxylic acids is 1. The second kappa shape index (κ2) is 24.6. The van der Waals surface area contributed by atoms with Crippen LogP contribution in [0.25, 0.3) is 0 Å². The molecule has 17 N–H and O–H groups in total. The Morgan fingerprint density at radius 2 is 1.04 bits per heavy atom. The number of hydrogen-bond acceptors (Lipinski definition) is 13. The third-order valence-electron chi connectivity index (χ3n) is 8.11. The third kappa shape index (κ3) is 16.5. The van der Waals surface area contributed by atoms with Crippen molar-refractivity contribution in [3.8, 4) is 0 Å². The topological polar surface area (TPSA) is 356 Å². The minimum atomic E-state index is -1.67. The summed E-state index contributed by atoms with van der Waals surface area (Å²) in [6.45, 7) is 3.87. The van der Waals surface area contributed by atoms with Crippen LogP contribution in [-0.4, -0.2) is 131 Å². The van der Waals surface area contributed by atoms with E-state index in [2.05, 4.69) is 31.9 Å². The number of amides is 6. The quantitative estimate of drug-likeness (QED) is 0.0443. The standard InChI is InChI=1S/C34H58N10O10/c1-18(2)15-24(31(50)40-22(10-13-36)29(48)39-23(11-14-37)30(49)44-27(19(3)46)34(53)54)41-32(51)25(16-20-7-5-4-6-8-20)42-33(52)26(17-45)43-28(47)21(38)9-12-35/h4-8,18-19,21-27,45-46H,9-17,35-38H2,1-3H3,(H,39,48)(H,40,50)(H,41,51)(H,42,52)(H,43,47)(H,44,49)(H,53,54)/t19-,21+,22+,23+,24+,25-,26+,27+/m1/s1. The van der Waals surface area contributed by atoms with Crippen molar-refractivity contribution < 1.29 is 48.9 Å². The normalized spacial score (nSPS) is 15.6. The second-order valence-electron chi connectivity index (χ2n) is 13.2. The lowest BCUT2D eigenvalue weighted by Crippen LogP contribution is -2.61. The maximum Gasteiger partial charge on any atom is 0.328 e. The van der Waals surface area contributed by atoms with Gasteiger partial charge in [-0.3, -0.25) is 28.8 Å². The smallest absolute Gasteiger partial charge is 0.328 e. The molecule has 0 fully saturated rings. The summed E-state index contributed by atoms with van der Waals surface area (Å²) in [5.41, 5.74) is 23.2. The predicted molar refractivity (Wildman–Crippen MR) is 197 cm³/mol. The first kappa shape index (κ1) is 47.3. The van der Waals surface area contributed by atoms with Gasteiger partial charge >= 0.3 is 5.97 Å². The van der Waals surface area contributed by atoms with Crippen LogP contribution in [0.2, 0.25) is 0 Å². The fourth-order valence-corrected chi connectivity index (χ4v) is 5.15. The van der Waals surface area contributed by atoms with Crippen LogP contribution in [0.5, 0.6) is 0 Å². The highest BCUT2D eigenvalue weighted by atomic mass is 16.4. The van der Waals surface area contributed by atoms with Crippen LogP contribution in [0, 0.1) is 5.92 Å². The molecule has 0 saturated heterocycles. The van der Waals surface area contributed by atoms with Crippen LogP contribution in [0.3, 0.4) is 0 Å². The van der Waals surface area contributed by atoms with Gasteiger partial charge in [0.15, 0.2) is 6.04 Å². The van der Waals surface area contributed by atoms with Crippen molar-refractivity contribution in [2.75, 3.05) is 26.2 Å². The summed E-state index contributed by atoms with van der Waals surface area (Å²) < 4.78 is 0. The van der Waals surface area contributed by atoms with Crippen molar-refractivity contribution in [2.24, 2.45) is 28.9 Å². The van der Waals surface area contributed by atoms with Gasteiger partial charge in [-0.2, -0.15) is 0 Å². The van der Waals surface area contributed by atoms with E-state index in [0.29, 0.717) is 5.56 Å². The molecule has 0 aliphatic carbocycles. The first-order valence-corrected chi connectivity index (χ1v) is 17.7. The molecule has 1 aromatic rings. The molecular weight excluding hydrogens is 708 g/mol. The summed E-state index contributed by atoms with van der Waals surface area (Å²) in [5.74, 6) is -6.66. The number of nitrogens with one attached hydrogen (secondary N) is 6. The fraction of sp³-hybridized carbons (Fsp3) is 0.618. The molecule has 54 heavy (non-hydrogen) atoms. The van der Waals surface area contributed by atoms with Crippen molar-refractivity contribution >= 4 is 41.4 Å². The molecule has 1 rings (SSSR count). The monoisotopic (exact) mass is 766 g/mol. The van der Waals surface area contributed by atoms with Crippen LogP contribution in [0.4, 0.5) is 0 Å². The van der Waals surface area contributed by atoms with Crippen LogP contribution in [-0.2, 0) is 40.0 Å². The number of nitrogens with two attached hydrogens (primary N) is 4. The van der Waals surface area contributed by atoms with E-state index in [1.165, 1.54) is 6.92 Å². The third-order valence-corrected chi connectivity index (χ3v) is 8.11. The molecule has 0 saturated carbocycles. The zero-order chi connectivity index (χ0) is 41.0. The largest absolute Gasteiger partial charge is 0.480 e. The molecule has 6 amide bonds. The number of rotatable bonds is 25. The summed E-state index contributed by atoms with van der Waals surface area (Å²) in [6.07, 6.45) is -1.51. The summed E-state index contributed by atoms with van der Waals surface area (Å²) in [5, 5.41) is 43.7. The van der Waals surface area contributed by atoms with Crippen molar-refractivity contribution in [3.05, 3.63) is 35.9 Å². The first-order valence-electron chi connectivity index (χ1n) is 17.7. The minimum absolute atomic E-state index is 0.0478. The predicted octanol–water partition coefficient (Wildman–Crippen LogP) is -4.98. The highest BCUT2D eigenvalue weighted by molar-refractivity contribution is 5.97. The van der Waals surface area contributed by atoms with Gasteiger partial charge in [0.1, 0.15) is 30.2 Å². The Hall–Kier alpha value is -4.73. The van der Waals surface area contributed by atoms with E-state index in [9.17, 15) is 48.9 Å². The highest BCUT2D eigenvalue weighted by Crippen LogP contribution is 2.10. The van der Waals surface area contributed by atoms with Crippen molar-refractivity contribution in [3.63, 3.8) is 0 Å². The zero-order valence-electron chi connectivity index (χ0n) is 31.0. The molecule has 0 heterocycles. The van der Waals surface area contributed by atoms with Crippen LogP contribution in [0.1, 0.15) is 52.0 Å². The number of hydrogen-bond donors (Lipinski definition) is 13. The number of benzene rings is 1. The number of carbonyl (C=O) groups excluding carboxylic acids is 6. The molecule has 0 spiro atoms. The van der Waals surface area contributed by atoms with Gasteiger partial charge in [-0.05, 0) is 63.7 Å². The van der Waals surface area contributed by atoms with Gasteiger partial charge in [0, 0.05) is 6.42 Å². The Morgan fingerprint density at radius 1 is 0.611 bits per heavy atom. The molecular formula is C34H58N10O10. The molecule has 304 valence electrons. The average molecular weight is 767 g/mol. The van der Waals surface area contributed by atoms with Gasteiger partial charge in [-0.1, -0.05) is 44.2 Å². The van der Waals surface area contributed by atoms with Crippen molar-refractivity contribution in [2.45, 2.75) is 101 Å². The van der Waals surface area contributed by atoms with Crippen molar-refractivity contribution in [1.82, 2.24) is 31.9 Å². The number of carbonyl (C=O) groups is 7. The summed E-state index contributed by atoms with van der Waals surface area (Å²) in [7, 11) is 0. The summed E-state index contributed by atoms with van der Waals surface area (Å²) >= 11 is 0. The van der Waals surface area contributed by atoms with Gasteiger partial charge in [0.2, 0.25) is 35.4 Å². The molecule has 1 aromatic carbocycles. The average Bonchev–Trinajstić information content (AvgIpc) is 3.11.